The number of benzene rings is 2. The van der Waals surface area contributed by atoms with Crippen LogP contribution in [0.5, 0.6) is 0 Å². The van der Waals surface area contributed by atoms with E-state index >= 15 is 0 Å². The molecule has 0 unspecified atom stereocenters. The molecule has 29 heavy (non-hydrogen) atoms. The summed E-state index contributed by atoms with van der Waals surface area (Å²) in [4.78, 5) is 6.57. The van der Waals surface area contributed by atoms with Crippen LogP contribution in [0.4, 0.5) is 17.2 Å². The van der Waals surface area contributed by atoms with Gasteiger partial charge in [-0.3, -0.25) is 0 Å². The van der Waals surface area contributed by atoms with Crippen molar-refractivity contribution in [1.82, 2.24) is 14.8 Å². The number of pyridine rings is 1. The first-order valence-corrected chi connectivity index (χ1v) is 9.64. The average molecular weight is 383 g/mol. The predicted molar refractivity (Wildman–Crippen MR) is 120 cm³/mol. The highest BCUT2D eigenvalue weighted by molar-refractivity contribution is 5.68. The Labute approximate surface area is 171 Å². The highest BCUT2D eigenvalue weighted by Crippen LogP contribution is 2.27. The molecule has 2 heterocycles. The van der Waals surface area contributed by atoms with Crippen molar-refractivity contribution < 1.29 is 0 Å². The van der Waals surface area contributed by atoms with Crippen LogP contribution in [0.3, 0.4) is 0 Å². The molecule has 5 heteroatoms. The Morgan fingerprint density at radius 3 is 2.41 bits per heavy atom. The topological polar surface area (TPSA) is 46.0 Å². The minimum absolute atomic E-state index is 0.801. The summed E-state index contributed by atoms with van der Waals surface area (Å²) < 4.78 is 1.99. The molecule has 0 radical (unpaired) electrons. The Bertz CT molecular complexity index is 1130. The molecule has 4 aromatic rings. The van der Waals surface area contributed by atoms with Gasteiger partial charge in [-0.15, -0.1) is 0 Å². The molecule has 0 amide bonds. The van der Waals surface area contributed by atoms with E-state index in [1.54, 1.807) is 0 Å². The molecule has 0 fully saturated rings. The summed E-state index contributed by atoms with van der Waals surface area (Å²) in [5.41, 5.74) is 7.51. The summed E-state index contributed by atoms with van der Waals surface area (Å²) in [6.07, 6.45) is 1.83. The van der Waals surface area contributed by atoms with E-state index in [0.717, 1.165) is 39.8 Å². The number of nitrogens with zero attached hydrogens (tertiary/aromatic N) is 4. The highest BCUT2D eigenvalue weighted by Gasteiger charge is 2.11. The molecule has 0 atom stereocenters. The molecule has 0 spiro atoms. The van der Waals surface area contributed by atoms with Crippen LogP contribution in [0, 0.1) is 13.8 Å². The third-order valence-electron chi connectivity index (χ3n) is 4.79. The van der Waals surface area contributed by atoms with Crippen LogP contribution >= 0.6 is 0 Å². The minimum atomic E-state index is 0.801. The van der Waals surface area contributed by atoms with E-state index in [1.165, 1.54) is 5.56 Å². The zero-order valence-corrected chi connectivity index (χ0v) is 17.2. The third kappa shape index (κ3) is 4.14. The van der Waals surface area contributed by atoms with Gasteiger partial charge in [0.25, 0.3) is 0 Å². The van der Waals surface area contributed by atoms with E-state index in [9.17, 15) is 0 Å². The summed E-state index contributed by atoms with van der Waals surface area (Å²) in [5, 5.41) is 8.11. The smallest absolute Gasteiger partial charge is 0.130 e. The van der Waals surface area contributed by atoms with Gasteiger partial charge in [-0.1, -0.05) is 12.1 Å². The first-order valence-electron chi connectivity index (χ1n) is 9.64. The van der Waals surface area contributed by atoms with Crippen molar-refractivity contribution in [1.29, 1.82) is 0 Å². The second-order valence-corrected chi connectivity index (χ2v) is 7.42. The molecule has 0 aliphatic rings. The third-order valence-corrected chi connectivity index (χ3v) is 4.79. The number of aryl methyl sites for hydroxylation is 2. The van der Waals surface area contributed by atoms with Gasteiger partial charge in [0, 0.05) is 37.2 Å². The zero-order valence-electron chi connectivity index (χ0n) is 17.2. The normalized spacial score (nSPS) is 10.8. The lowest BCUT2D eigenvalue weighted by atomic mass is 10.1. The highest BCUT2D eigenvalue weighted by atomic mass is 15.3. The fourth-order valence-corrected chi connectivity index (χ4v) is 3.31. The molecule has 146 valence electrons. The van der Waals surface area contributed by atoms with Crippen molar-refractivity contribution in [2.45, 2.75) is 13.8 Å². The van der Waals surface area contributed by atoms with Gasteiger partial charge in [-0.25, -0.2) is 9.67 Å². The zero-order chi connectivity index (χ0) is 20.4. The predicted octanol–water partition coefficient (Wildman–Crippen LogP) is 5.36. The second kappa shape index (κ2) is 7.80. The molecule has 2 aromatic heterocycles. The van der Waals surface area contributed by atoms with Gasteiger partial charge in [0.2, 0.25) is 0 Å². The van der Waals surface area contributed by atoms with Crippen LogP contribution in [-0.4, -0.2) is 28.9 Å². The Morgan fingerprint density at radius 2 is 1.69 bits per heavy atom. The van der Waals surface area contributed by atoms with Gasteiger partial charge in [0.05, 0.1) is 17.1 Å². The molecule has 2 aromatic carbocycles. The largest absolute Gasteiger partial charge is 0.378 e. The summed E-state index contributed by atoms with van der Waals surface area (Å²) in [6, 6.07) is 22.8. The van der Waals surface area contributed by atoms with E-state index in [-0.39, 0.29) is 0 Å². The van der Waals surface area contributed by atoms with Crippen LogP contribution in [0.15, 0.2) is 72.9 Å². The Hall–Kier alpha value is -3.60. The molecule has 0 saturated carbocycles. The standard InChI is InChI=1S/C24H25N5/c1-17-6-5-7-22(14-17)29-23(15-18(2)27-29)19-12-13-25-24(16-19)26-20-8-10-21(11-9-20)28(3)4/h5-16H,1-4H3,(H,25,26). The molecular formula is C24H25N5. The monoisotopic (exact) mass is 383 g/mol. The van der Waals surface area contributed by atoms with Crippen molar-refractivity contribution >= 4 is 17.2 Å². The lowest BCUT2D eigenvalue weighted by Gasteiger charge is -2.13. The Kier molecular flexibility index (Phi) is 5.04. The van der Waals surface area contributed by atoms with Crippen molar-refractivity contribution in [2.75, 3.05) is 24.3 Å². The quantitative estimate of drug-likeness (QED) is 0.504. The fourth-order valence-electron chi connectivity index (χ4n) is 3.31. The molecule has 0 aliphatic heterocycles. The van der Waals surface area contributed by atoms with E-state index in [2.05, 4.69) is 82.8 Å². The molecule has 1 N–H and O–H groups in total. The molecule has 0 saturated heterocycles. The van der Waals surface area contributed by atoms with Gasteiger partial charge >= 0.3 is 0 Å². The van der Waals surface area contributed by atoms with Crippen LogP contribution in [0.1, 0.15) is 11.3 Å². The van der Waals surface area contributed by atoms with Crippen molar-refractivity contribution in [3.63, 3.8) is 0 Å². The molecule has 0 aliphatic carbocycles. The fraction of sp³-hybridized carbons (Fsp3) is 0.167. The van der Waals surface area contributed by atoms with Gasteiger partial charge < -0.3 is 10.2 Å². The first kappa shape index (κ1) is 18.7. The van der Waals surface area contributed by atoms with Crippen molar-refractivity contribution in [3.8, 4) is 16.9 Å². The maximum atomic E-state index is 4.71. The van der Waals surface area contributed by atoms with E-state index < -0.39 is 0 Å². The minimum Gasteiger partial charge on any atom is -0.378 e. The van der Waals surface area contributed by atoms with Gasteiger partial charge in [-0.2, -0.15) is 5.10 Å². The number of hydrogen-bond donors (Lipinski definition) is 1. The maximum absolute atomic E-state index is 4.71. The van der Waals surface area contributed by atoms with Gasteiger partial charge in [0.1, 0.15) is 5.82 Å². The van der Waals surface area contributed by atoms with Crippen LogP contribution in [0.2, 0.25) is 0 Å². The number of rotatable bonds is 5. The van der Waals surface area contributed by atoms with E-state index in [1.807, 2.05) is 38.0 Å². The van der Waals surface area contributed by atoms with Gasteiger partial charge in [-0.05, 0) is 74.0 Å². The van der Waals surface area contributed by atoms with Gasteiger partial charge in [0.15, 0.2) is 0 Å². The summed E-state index contributed by atoms with van der Waals surface area (Å²) >= 11 is 0. The average Bonchev–Trinajstić information content (AvgIpc) is 3.10. The Balaban J connectivity index is 1.66. The molecule has 0 bridgehead atoms. The van der Waals surface area contributed by atoms with Crippen molar-refractivity contribution in [2.24, 2.45) is 0 Å². The lowest BCUT2D eigenvalue weighted by molar-refractivity contribution is 0.868. The van der Waals surface area contributed by atoms with Crippen molar-refractivity contribution in [3.05, 3.63) is 84.2 Å². The first-order chi connectivity index (χ1) is 14.0. The summed E-state index contributed by atoms with van der Waals surface area (Å²) in [5.74, 6) is 0.801. The number of hydrogen-bond acceptors (Lipinski definition) is 4. The second-order valence-electron chi connectivity index (χ2n) is 7.42. The van der Waals surface area contributed by atoms with Crippen LogP contribution in [-0.2, 0) is 0 Å². The molecular weight excluding hydrogens is 358 g/mol. The Morgan fingerprint density at radius 1 is 0.897 bits per heavy atom. The lowest BCUT2D eigenvalue weighted by Crippen LogP contribution is -2.08. The van der Waals surface area contributed by atoms with E-state index in [4.69, 9.17) is 5.10 Å². The number of aromatic nitrogens is 3. The van der Waals surface area contributed by atoms with Crippen LogP contribution in [0.25, 0.3) is 16.9 Å². The SMILES string of the molecule is Cc1cccc(-n2nc(C)cc2-c2ccnc(Nc3ccc(N(C)C)cc3)c2)c1. The summed E-state index contributed by atoms with van der Waals surface area (Å²) in [6.45, 7) is 4.11. The summed E-state index contributed by atoms with van der Waals surface area (Å²) in [7, 11) is 4.07. The number of anilines is 3. The maximum Gasteiger partial charge on any atom is 0.130 e. The van der Waals surface area contributed by atoms with Crippen LogP contribution < -0.4 is 10.2 Å². The number of nitrogens with one attached hydrogen (secondary N) is 1. The molecule has 4 rings (SSSR count). The molecule has 5 nitrogen and oxygen atoms in total. The van der Waals surface area contributed by atoms with E-state index in [0.29, 0.717) is 0 Å².